The van der Waals surface area contributed by atoms with Gasteiger partial charge in [0.15, 0.2) is 0 Å². The highest BCUT2D eigenvalue weighted by Gasteiger charge is 2.15. The maximum Gasteiger partial charge on any atom is 0.361 e. The first-order valence-corrected chi connectivity index (χ1v) is 11.3. The fourth-order valence-electron chi connectivity index (χ4n) is 3.32. The van der Waals surface area contributed by atoms with Crippen molar-refractivity contribution in [1.82, 2.24) is 0 Å². The second-order valence-electron chi connectivity index (χ2n) is 7.27. The number of benzene rings is 4. The van der Waals surface area contributed by atoms with E-state index < -0.39 is 10.1 Å². The summed E-state index contributed by atoms with van der Waals surface area (Å²) < 4.78 is 50.1. The van der Waals surface area contributed by atoms with E-state index in [-0.39, 0.29) is 10.7 Å². The van der Waals surface area contributed by atoms with E-state index >= 15 is 0 Å². The van der Waals surface area contributed by atoms with E-state index in [1.54, 1.807) is 24.3 Å². The quantitative estimate of drug-likeness (QED) is 0.175. The number of halogens is 1. The highest BCUT2D eigenvalue weighted by molar-refractivity contribution is 7.85. The number of hydrogen-bond acceptors (Lipinski definition) is 3. The van der Waals surface area contributed by atoms with Crippen molar-refractivity contribution in [2.45, 2.75) is 11.8 Å². The van der Waals surface area contributed by atoms with E-state index in [9.17, 15) is 17.4 Å². The molecule has 4 nitrogen and oxygen atoms in total. The van der Waals surface area contributed by atoms with Crippen LogP contribution in [-0.2, 0) is 10.1 Å². The van der Waals surface area contributed by atoms with Crippen molar-refractivity contribution >= 4 is 31.9 Å². The SMILES string of the molecule is Cc1ccc(S(=O)(=O)[O-])cc1.Fc1ccc(-c2ccc3c(ccc4ccccc43)[o+]2)cc1. The maximum atomic E-state index is 13.0. The van der Waals surface area contributed by atoms with Crippen molar-refractivity contribution in [2.24, 2.45) is 0 Å². The molecule has 0 atom stereocenters. The van der Waals surface area contributed by atoms with E-state index in [4.69, 9.17) is 4.42 Å². The molecule has 0 saturated carbocycles. The summed E-state index contributed by atoms with van der Waals surface area (Å²) in [7, 11) is -4.27. The molecule has 0 aliphatic heterocycles. The van der Waals surface area contributed by atoms with Crippen LogP contribution in [0.4, 0.5) is 4.39 Å². The third kappa shape index (κ3) is 4.82. The normalized spacial score (nSPS) is 11.2. The van der Waals surface area contributed by atoms with Crippen LogP contribution in [0.25, 0.3) is 33.1 Å². The highest BCUT2D eigenvalue weighted by atomic mass is 32.2. The molecule has 1 aromatic heterocycles. The standard InChI is InChI=1S/C19H12FO.C7H8O3S/c20-15-8-5-14(6-9-15)18-12-10-17-16-4-2-1-3-13(16)7-11-19(17)21-18;1-6-2-4-7(5-3-6)11(8,9)10/h1-12H;2-5H,1H3,(H,8,9,10)/q+1;/p-1. The summed E-state index contributed by atoms with van der Waals surface area (Å²) in [6.07, 6.45) is 0. The number of rotatable bonds is 2. The predicted octanol–water partition coefficient (Wildman–Crippen LogP) is 6.57. The highest BCUT2D eigenvalue weighted by Crippen LogP contribution is 2.29. The van der Waals surface area contributed by atoms with Crippen LogP contribution in [0.15, 0.2) is 106 Å². The van der Waals surface area contributed by atoms with Crippen LogP contribution in [0.1, 0.15) is 5.56 Å². The monoisotopic (exact) mass is 446 g/mol. The molecule has 0 spiro atoms. The zero-order valence-corrected chi connectivity index (χ0v) is 18.0. The first-order valence-electron chi connectivity index (χ1n) is 9.84. The molecule has 4 aromatic carbocycles. The molecule has 5 rings (SSSR count). The molecule has 6 heteroatoms. The Labute approximate surface area is 185 Å². The zero-order chi connectivity index (χ0) is 22.7. The number of hydrogen-bond donors (Lipinski definition) is 0. The fraction of sp³-hybridized carbons (Fsp3) is 0.0385. The van der Waals surface area contributed by atoms with Crippen LogP contribution in [0.3, 0.4) is 0 Å². The van der Waals surface area contributed by atoms with Crippen molar-refractivity contribution in [3.05, 3.63) is 108 Å². The van der Waals surface area contributed by atoms with Gasteiger partial charge >= 0.3 is 11.3 Å². The topological polar surface area (TPSA) is 68.5 Å². The Morgan fingerprint density at radius 1 is 0.750 bits per heavy atom. The van der Waals surface area contributed by atoms with Gasteiger partial charge in [0, 0.05) is 12.1 Å². The lowest BCUT2D eigenvalue weighted by Crippen LogP contribution is -1.97. The molecule has 0 aliphatic carbocycles. The van der Waals surface area contributed by atoms with Crippen molar-refractivity contribution in [3.63, 3.8) is 0 Å². The first kappa shape index (κ1) is 21.6. The summed E-state index contributed by atoms with van der Waals surface area (Å²) in [4.78, 5) is -0.178. The lowest BCUT2D eigenvalue weighted by molar-refractivity contribution is 0.463. The average Bonchev–Trinajstić information content (AvgIpc) is 2.79. The van der Waals surface area contributed by atoms with E-state index in [1.165, 1.54) is 35.0 Å². The average molecular weight is 446 g/mol. The maximum absolute atomic E-state index is 13.0. The Kier molecular flexibility index (Phi) is 5.99. The molecule has 0 radical (unpaired) electrons. The predicted molar refractivity (Wildman–Crippen MR) is 123 cm³/mol. The van der Waals surface area contributed by atoms with Crippen molar-refractivity contribution < 1.29 is 21.8 Å². The third-order valence-electron chi connectivity index (χ3n) is 4.99. The molecule has 1 heterocycles. The Hall–Kier alpha value is -3.61. The second kappa shape index (κ2) is 8.86. The second-order valence-corrected chi connectivity index (χ2v) is 8.65. The minimum absolute atomic E-state index is 0.178. The lowest BCUT2D eigenvalue weighted by Gasteiger charge is -2.05. The van der Waals surface area contributed by atoms with Gasteiger partial charge in [0.25, 0.3) is 0 Å². The summed E-state index contributed by atoms with van der Waals surface area (Å²) >= 11 is 0. The van der Waals surface area contributed by atoms with Crippen molar-refractivity contribution in [1.29, 1.82) is 0 Å². The van der Waals surface area contributed by atoms with Gasteiger partial charge in [-0.25, -0.2) is 17.2 Å². The van der Waals surface area contributed by atoms with Crippen LogP contribution in [-0.4, -0.2) is 13.0 Å². The Bertz CT molecular complexity index is 1490. The molecule has 5 aromatic rings. The van der Waals surface area contributed by atoms with Gasteiger partial charge in [-0.05, 0) is 66.2 Å². The molecular weight excluding hydrogens is 427 g/mol. The van der Waals surface area contributed by atoms with Gasteiger partial charge in [-0.2, -0.15) is 0 Å². The van der Waals surface area contributed by atoms with E-state index in [1.807, 2.05) is 31.2 Å². The van der Waals surface area contributed by atoms with Gasteiger partial charge in [0.2, 0.25) is 0 Å². The summed E-state index contributed by atoms with van der Waals surface area (Å²) in [5, 5.41) is 3.44. The van der Waals surface area contributed by atoms with Crippen molar-refractivity contribution in [2.75, 3.05) is 0 Å². The smallest absolute Gasteiger partial charge is 0.361 e. The van der Waals surface area contributed by atoms with Crippen LogP contribution in [0.2, 0.25) is 0 Å². The molecule has 0 unspecified atom stereocenters. The molecule has 160 valence electrons. The number of fused-ring (bicyclic) bond motifs is 3. The van der Waals surface area contributed by atoms with Gasteiger partial charge in [-0.15, -0.1) is 0 Å². The summed E-state index contributed by atoms with van der Waals surface area (Å²) in [5.74, 6) is 0.489. The minimum atomic E-state index is -4.27. The van der Waals surface area contributed by atoms with Crippen LogP contribution in [0.5, 0.6) is 0 Å². The number of aryl methyl sites for hydroxylation is 1. The molecular formula is C26H19FO4S. The molecule has 32 heavy (non-hydrogen) atoms. The largest absolute Gasteiger partial charge is 0.744 e. The Morgan fingerprint density at radius 2 is 1.44 bits per heavy atom. The Morgan fingerprint density at radius 3 is 2.12 bits per heavy atom. The molecule has 0 saturated heterocycles. The van der Waals surface area contributed by atoms with Crippen LogP contribution >= 0.6 is 0 Å². The zero-order valence-electron chi connectivity index (χ0n) is 17.2. The molecule has 0 fully saturated rings. The Balaban J connectivity index is 0.000000189. The summed E-state index contributed by atoms with van der Waals surface area (Å²) in [6.45, 7) is 1.82. The first-order chi connectivity index (χ1) is 15.3. The summed E-state index contributed by atoms with van der Waals surface area (Å²) in [6, 6.07) is 28.3. The van der Waals surface area contributed by atoms with Crippen molar-refractivity contribution in [3.8, 4) is 11.3 Å². The third-order valence-corrected chi connectivity index (χ3v) is 5.84. The van der Waals surface area contributed by atoms with Gasteiger partial charge in [-0.1, -0.05) is 42.0 Å². The van der Waals surface area contributed by atoms with E-state index in [0.717, 1.165) is 27.9 Å². The lowest BCUT2D eigenvalue weighted by atomic mass is 10.1. The molecule has 0 N–H and O–H groups in total. The molecule has 0 amide bonds. The van der Waals surface area contributed by atoms with Crippen LogP contribution < -0.4 is 0 Å². The summed E-state index contributed by atoms with van der Waals surface area (Å²) in [5.41, 5.74) is 2.62. The van der Waals surface area contributed by atoms with Gasteiger partial charge in [0.1, 0.15) is 15.9 Å². The van der Waals surface area contributed by atoms with Crippen LogP contribution in [0, 0.1) is 12.7 Å². The minimum Gasteiger partial charge on any atom is -0.744 e. The fourth-order valence-corrected chi connectivity index (χ4v) is 3.79. The molecule has 0 aliphatic rings. The van der Waals surface area contributed by atoms with Gasteiger partial charge < -0.3 is 4.55 Å². The van der Waals surface area contributed by atoms with Gasteiger partial charge in [0.05, 0.1) is 15.8 Å². The van der Waals surface area contributed by atoms with E-state index in [2.05, 4.69) is 24.3 Å². The van der Waals surface area contributed by atoms with E-state index in [0.29, 0.717) is 0 Å². The van der Waals surface area contributed by atoms with Gasteiger partial charge in [-0.3, -0.25) is 0 Å². The molecule has 0 bridgehead atoms.